The Hall–Kier alpha value is -2.20. The minimum atomic E-state index is 0.337. The fourth-order valence-electron chi connectivity index (χ4n) is 3.67. The summed E-state index contributed by atoms with van der Waals surface area (Å²) in [6, 6.07) is 12.8. The van der Waals surface area contributed by atoms with Gasteiger partial charge in [0.2, 0.25) is 0 Å². The Morgan fingerprint density at radius 3 is 2.10 bits per heavy atom. The number of hydrogen-bond acceptors (Lipinski definition) is 4. The van der Waals surface area contributed by atoms with Gasteiger partial charge in [-0.05, 0) is 55.0 Å². The molecule has 0 spiro atoms. The van der Waals surface area contributed by atoms with Crippen LogP contribution in [0.3, 0.4) is 0 Å². The maximum Gasteiger partial charge on any atom is 0.123 e. The smallest absolute Gasteiger partial charge is 0.123 e. The van der Waals surface area contributed by atoms with Gasteiger partial charge in [-0.15, -0.1) is 0 Å². The Balaban J connectivity index is 2.12. The van der Waals surface area contributed by atoms with Crippen LogP contribution in [0.25, 0.3) is 0 Å². The molecule has 29 heavy (non-hydrogen) atoms. The van der Waals surface area contributed by atoms with Crippen LogP contribution in [0.2, 0.25) is 0 Å². The van der Waals surface area contributed by atoms with Gasteiger partial charge >= 0.3 is 0 Å². The van der Waals surface area contributed by atoms with E-state index in [1.165, 1.54) is 36.0 Å². The monoisotopic (exact) mass is 399 g/mol. The SMILES string of the molecule is CCCCCc1cc(OC)c(CC(CC)NCc2ccccc2OC)cc1OC. The number of hydrogen-bond donors (Lipinski definition) is 1. The molecule has 2 aromatic rings. The molecule has 0 aromatic heterocycles. The molecule has 0 aliphatic carbocycles. The number of nitrogens with one attached hydrogen (secondary N) is 1. The molecule has 2 rings (SSSR count). The quantitative estimate of drug-likeness (QED) is 0.448. The Morgan fingerprint density at radius 2 is 1.45 bits per heavy atom. The molecule has 0 aliphatic heterocycles. The highest BCUT2D eigenvalue weighted by Gasteiger charge is 2.16. The van der Waals surface area contributed by atoms with Crippen LogP contribution >= 0.6 is 0 Å². The Morgan fingerprint density at radius 1 is 0.793 bits per heavy atom. The first-order valence-corrected chi connectivity index (χ1v) is 10.8. The Labute approximate surface area is 176 Å². The van der Waals surface area contributed by atoms with Gasteiger partial charge in [0.1, 0.15) is 17.2 Å². The molecule has 0 saturated heterocycles. The number of rotatable bonds is 13. The summed E-state index contributed by atoms with van der Waals surface area (Å²) >= 11 is 0. The highest BCUT2D eigenvalue weighted by molar-refractivity contribution is 5.47. The number of para-hydroxylation sites is 1. The summed E-state index contributed by atoms with van der Waals surface area (Å²) in [5.74, 6) is 2.84. The molecule has 0 saturated carbocycles. The average molecular weight is 400 g/mol. The van der Waals surface area contributed by atoms with E-state index in [2.05, 4.69) is 37.4 Å². The number of ether oxygens (including phenoxy) is 3. The van der Waals surface area contributed by atoms with Crippen LogP contribution in [0.15, 0.2) is 36.4 Å². The predicted octanol–water partition coefficient (Wildman–Crippen LogP) is 5.56. The van der Waals surface area contributed by atoms with Crippen molar-refractivity contribution in [1.82, 2.24) is 5.32 Å². The molecule has 4 nitrogen and oxygen atoms in total. The lowest BCUT2D eigenvalue weighted by Crippen LogP contribution is -2.30. The first kappa shape index (κ1) is 23.1. The van der Waals surface area contributed by atoms with Crippen molar-refractivity contribution >= 4 is 0 Å². The Kier molecular flexibility index (Phi) is 9.85. The molecule has 0 fully saturated rings. The molecular weight excluding hydrogens is 362 g/mol. The van der Waals surface area contributed by atoms with Gasteiger partial charge < -0.3 is 19.5 Å². The third-order valence-electron chi connectivity index (χ3n) is 5.47. The summed E-state index contributed by atoms with van der Waals surface area (Å²) in [5, 5.41) is 3.68. The van der Waals surface area contributed by atoms with Gasteiger partial charge in [-0.25, -0.2) is 0 Å². The summed E-state index contributed by atoms with van der Waals surface area (Å²) in [4.78, 5) is 0. The zero-order chi connectivity index (χ0) is 21.1. The zero-order valence-corrected chi connectivity index (χ0v) is 18.7. The van der Waals surface area contributed by atoms with Crippen molar-refractivity contribution in [3.8, 4) is 17.2 Å². The molecule has 0 bridgehead atoms. The number of unbranched alkanes of at least 4 members (excludes halogenated alkanes) is 2. The summed E-state index contributed by atoms with van der Waals surface area (Å²) in [7, 11) is 5.23. The van der Waals surface area contributed by atoms with Crippen LogP contribution in [0.1, 0.15) is 56.2 Å². The normalized spacial score (nSPS) is 11.9. The maximum atomic E-state index is 5.73. The fourth-order valence-corrected chi connectivity index (χ4v) is 3.67. The zero-order valence-electron chi connectivity index (χ0n) is 18.7. The number of methoxy groups -OCH3 is 3. The second kappa shape index (κ2) is 12.4. The second-order valence-corrected chi connectivity index (χ2v) is 7.44. The van der Waals surface area contributed by atoms with Crippen molar-refractivity contribution in [2.24, 2.45) is 0 Å². The molecule has 0 radical (unpaired) electrons. The highest BCUT2D eigenvalue weighted by Crippen LogP contribution is 2.31. The second-order valence-electron chi connectivity index (χ2n) is 7.44. The van der Waals surface area contributed by atoms with E-state index in [0.29, 0.717) is 6.04 Å². The molecule has 4 heteroatoms. The van der Waals surface area contributed by atoms with E-state index in [4.69, 9.17) is 14.2 Å². The summed E-state index contributed by atoms with van der Waals surface area (Å²) in [5.41, 5.74) is 3.59. The van der Waals surface area contributed by atoms with E-state index in [0.717, 1.165) is 43.1 Å². The predicted molar refractivity (Wildman–Crippen MR) is 120 cm³/mol. The van der Waals surface area contributed by atoms with Gasteiger partial charge in [0.15, 0.2) is 0 Å². The first-order chi connectivity index (χ1) is 14.2. The van der Waals surface area contributed by atoms with Gasteiger partial charge in [-0.1, -0.05) is 44.9 Å². The molecule has 0 aliphatic rings. The average Bonchev–Trinajstić information content (AvgIpc) is 2.77. The van der Waals surface area contributed by atoms with E-state index >= 15 is 0 Å². The van der Waals surface area contributed by atoms with E-state index in [-0.39, 0.29) is 0 Å². The molecule has 2 aromatic carbocycles. The van der Waals surface area contributed by atoms with Crippen molar-refractivity contribution in [2.75, 3.05) is 21.3 Å². The topological polar surface area (TPSA) is 39.7 Å². The third-order valence-corrected chi connectivity index (χ3v) is 5.47. The summed E-state index contributed by atoms with van der Waals surface area (Å²) in [6.45, 7) is 5.21. The van der Waals surface area contributed by atoms with Crippen molar-refractivity contribution in [2.45, 2.75) is 65.0 Å². The van der Waals surface area contributed by atoms with E-state index < -0.39 is 0 Å². The van der Waals surface area contributed by atoms with Crippen LogP contribution in [-0.4, -0.2) is 27.4 Å². The molecular formula is C25H37NO3. The van der Waals surface area contributed by atoms with Gasteiger partial charge in [-0.3, -0.25) is 0 Å². The number of aryl methyl sites for hydroxylation is 1. The van der Waals surface area contributed by atoms with Crippen molar-refractivity contribution < 1.29 is 14.2 Å². The van der Waals surface area contributed by atoms with Crippen LogP contribution in [-0.2, 0) is 19.4 Å². The standard InChI is InChI=1S/C25H37NO3/c1-6-8-9-12-19-16-25(29-5)21(17-24(19)28-4)15-22(7-2)26-18-20-13-10-11-14-23(20)27-3/h10-11,13-14,16-17,22,26H,6-9,12,15,18H2,1-5H3. The molecule has 1 N–H and O–H groups in total. The van der Waals surface area contributed by atoms with E-state index in [1.54, 1.807) is 21.3 Å². The van der Waals surface area contributed by atoms with Crippen molar-refractivity contribution in [1.29, 1.82) is 0 Å². The van der Waals surface area contributed by atoms with Gasteiger partial charge in [-0.2, -0.15) is 0 Å². The van der Waals surface area contributed by atoms with E-state index in [1.807, 2.05) is 18.2 Å². The van der Waals surface area contributed by atoms with Crippen LogP contribution in [0, 0.1) is 0 Å². The van der Waals surface area contributed by atoms with Gasteiger partial charge in [0.25, 0.3) is 0 Å². The molecule has 0 heterocycles. The fraction of sp³-hybridized carbons (Fsp3) is 0.520. The summed E-state index contributed by atoms with van der Waals surface area (Å²) in [6.07, 6.45) is 6.56. The van der Waals surface area contributed by atoms with Crippen LogP contribution in [0.4, 0.5) is 0 Å². The molecule has 160 valence electrons. The van der Waals surface area contributed by atoms with Crippen LogP contribution < -0.4 is 19.5 Å². The molecule has 1 atom stereocenters. The minimum Gasteiger partial charge on any atom is -0.496 e. The lowest BCUT2D eigenvalue weighted by atomic mass is 9.98. The molecule has 0 amide bonds. The van der Waals surface area contributed by atoms with E-state index in [9.17, 15) is 0 Å². The maximum absolute atomic E-state index is 5.73. The van der Waals surface area contributed by atoms with Gasteiger partial charge in [0.05, 0.1) is 21.3 Å². The largest absolute Gasteiger partial charge is 0.496 e. The van der Waals surface area contributed by atoms with Crippen molar-refractivity contribution in [3.63, 3.8) is 0 Å². The third kappa shape index (κ3) is 6.67. The minimum absolute atomic E-state index is 0.337. The Bertz CT molecular complexity index is 745. The van der Waals surface area contributed by atoms with Gasteiger partial charge in [0, 0.05) is 18.2 Å². The molecule has 1 unspecified atom stereocenters. The lowest BCUT2D eigenvalue weighted by molar-refractivity contribution is 0.388. The highest BCUT2D eigenvalue weighted by atomic mass is 16.5. The van der Waals surface area contributed by atoms with Crippen LogP contribution in [0.5, 0.6) is 17.2 Å². The summed E-state index contributed by atoms with van der Waals surface area (Å²) < 4.78 is 16.9. The first-order valence-electron chi connectivity index (χ1n) is 10.8. The van der Waals surface area contributed by atoms with Crippen molar-refractivity contribution in [3.05, 3.63) is 53.1 Å². The number of benzene rings is 2. The lowest BCUT2D eigenvalue weighted by Gasteiger charge is -2.21.